The minimum Gasteiger partial charge on any atom is -0.336 e. The summed E-state index contributed by atoms with van der Waals surface area (Å²) >= 11 is 0. The van der Waals surface area contributed by atoms with E-state index >= 15 is 0 Å². The summed E-state index contributed by atoms with van der Waals surface area (Å²) in [5.74, 6) is 0. The molecule has 0 radical (unpaired) electrons. The van der Waals surface area contributed by atoms with Crippen LogP contribution in [0.2, 0.25) is 0 Å². The Kier molecular flexibility index (Phi) is 4.40. The van der Waals surface area contributed by atoms with Gasteiger partial charge in [0.1, 0.15) is 0 Å². The van der Waals surface area contributed by atoms with Crippen molar-refractivity contribution in [1.82, 2.24) is 4.90 Å². The number of benzene rings is 1. The molecule has 0 N–H and O–H groups in total. The monoisotopic (exact) mass is 245 g/mol. The van der Waals surface area contributed by atoms with Crippen molar-refractivity contribution in [1.29, 1.82) is 0 Å². The van der Waals surface area contributed by atoms with Crippen LogP contribution in [0.4, 0.5) is 0 Å². The van der Waals surface area contributed by atoms with Gasteiger partial charge < -0.3 is 4.90 Å². The van der Waals surface area contributed by atoms with E-state index in [9.17, 15) is 4.79 Å². The van der Waals surface area contributed by atoms with Gasteiger partial charge in [-0.25, -0.2) is 0 Å². The first-order valence-electron chi connectivity index (χ1n) is 7.11. The highest BCUT2D eigenvalue weighted by Gasteiger charge is 2.40. The number of carbonyl (C=O) groups is 1. The number of hydrogen-bond acceptors (Lipinski definition) is 1. The molecule has 0 unspecified atom stereocenters. The summed E-state index contributed by atoms with van der Waals surface area (Å²) in [5.41, 5.74) is 1.28. The Morgan fingerprint density at radius 1 is 1.22 bits per heavy atom. The zero-order valence-corrected chi connectivity index (χ0v) is 11.3. The molecule has 0 atom stereocenters. The standard InChI is InChI=1S/C16H23NO/c1-2-3-13-17(14-18)16(11-7-8-12-16)15-9-5-4-6-10-15/h4-6,9-10,14H,2-3,7-8,11-13H2,1H3. The molecule has 0 aliphatic heterocycles. The van der Waals surface area contributed by atoms with Crippen LogP contribution in [-0.4, -0.2) is 17.9 Å². The van der Waals surface area contributed by atoms with E-state index in [1.54, 1.807) is 0 Å². The molecule has 0 spiro atoms. The lowest BCUT2D eigenvalue weighted by Gasteiger charge is -2.39. The lowest BCUT2D eigenvalue weighted by molar-refractivity contribution is -0.124. The van der Waals surface area contributed by atoms with E-state index in [-0.39, 0.29) is 5.54 Å². The summed E-state index contributed by atoms with van der Waals surface area (Å²) in [6, 6.07) is 10.6. The molecule has 1 saturated carbocycles. The van der Waals surface area contributed by atoms with Crippen molar-refractivity contribution in [2.24, 2.45) is 0 Å². The molecule has 1 amide bonds. The molecule has 1 aliphatic rings. The molecule has 1 aromatic rings. The first-order chi connectivity index (χ1) is 8.83. The summed E-state index contributed by atoms with van der Waals surface area (Å²) in [6.45, 7) is 3.06. The van der Waals surface area contributed by atoms with Crippen molar-refractivity contribution in [3.05, 3.63) is 35.9 Å². The first-order valence-corrected chi connectivity index (χ1v) is 7.11. The second kappa shape index (κ2) is 6.03. The van der Waals surface area contributed by atoms with Gasteiger partial charge in [0.2, 0.25) is 6.41 Å². The normalized spacial score (nSPS) is 17.6. The fourth-order valence-electron chi connectivity index (χ4n) is 3.15. The maximum absolute atomic E-state index is 11.5. The number of nitrogens with zero attached hydrogens (tertiary/aromatic N) is 1. The Morgan fingerprint density at radius 2 is 1.89 bits per heavy atom. The van der Waals surface area contributed by atoms with Crippen molar-refractivity contribution >= 4 is 6.41 Å². The second-order valence-corrected chi connectivity index (χ2v) is 5.26. The van der Waals surface area contributed by atoms with Crippen molar-refractivity contribution in [3.63, 3.8) is 0 Å². The topological polar surface area (TPSA) is 20.3 Å². The van der Waals surface area contributed by atoms with E-state index in [0.29, 0.717) is 0 Å². The molecule has 0 bridgehead atoms. The third-order valence-electron chi connectivity index (χ3n) is 4.17. The minimum atomic E-state index is -0.0296. The maximum Gasteiger partial charge on any atom is 0.210 e. The number of rotatable bonds is 6. The fourth-order valence-corrected chi connectivity index (χ4v) is 3.15. The van der Waals surface area contributed by atoms with Gasteiger partial charge in [-0.15, -0.1) is 0 Å². The van der Waals surface area contributed by atoms with Crippen LogP contribution < -0.4 is 0 Å². The van der Waals surface area contributed by atoms with Gasteiger partial charge in [-0.05, 0) is 24.8 Å². The summed E-state index contributed by atoms with van der Waals surface area (Å²) in [5, 5.41) is 0. The van der Waals surface area contributed by atoms with Crippen molar-refractivity contribution < 1.29 is 4.79 Å². The van der Waals surface area contributed by atoms with E-state index in [0.717, 1.165) is 38.6 Å². The highest BCUT2D eigenvalue weighted by atomic mass is 16.1. The van der Waals surface area contributed by atoms with E-state index in [2.05, 4.69) is 36.1 Å². The van der Waals surface area contributed by atoms with Crippen LogP contribution in [0.3, 0.4) is 0 Å². The van der Waals surface area contributed by atoms with Crippen LogP contribution in [0.25, 0.3) is 0 Å². The van der Waals surface area contributed by atoms with Gasteiger partial charge >= 0.3 is 0 Å². The molecule has 0 aromatic heterocycles. The van der Waals surface area contributed by atoms with Crippen molar-refractivity contribution in [3.8, 4) is 0 Å². The zero-order chi connectivity index (χ0) is 12.8. The average molecular weight is 245 g/mol. The second-order valence-electron chi connectivity index (χ2n) is 5.26. The molecule has 18 heavy (non-hydrogen) atoms. The van der Waals surface area contributed by atoms with Crippen LogP contribution in [0, 0.1) is 0 Å². The van der Waals surface area contributed by atoms with Crippen LogP contribution in [0.15, 0.2) is 30.3 Å². The maximum atomic E-state index is 11.5. The van der Waals surface area contributed by atoms with Crippen LogP contribution in [-0.2, 0) is 10.3 Å². The van der Waals surface area contributed by atoms with Gasteiger partial charge in [-0.1, -0.05) is 56.5 Å². The highest BCUT2D eigenvalue weighted by molar-refractivity contribution is 5.51. The average Bonchev–Trinajstić information content (AvgIpc) is 2.91. The van der Waals surface area contributed by atoms with E-state index in [4.69, 9.17) is 0 Å². The van der Waals surface area contributed by atoms with Gasteiger partial charge in [-0.3, -0.25) is 4.79 Å². The Bertz CT molecular complexity index is 368. The van der Waals surface area contributed by atoms with Crippen molar-refractivity contribution in [2.45, 2.75) is 51.0 Å². The molecular formula is C16H23NO. The predicted octanol–water partition coefficient (Wildman–Crippen LogP) is 3.71. The molecule has 2 nitrogen and oxygen atoms in total. The molecule has 98 valence electrons. The number of carbonyl (C=O) groups excluding carboxylic acids is 1. The number of hydrogen-bond donors (Lipinski definition) is 0. The van der Waals surface area contributed by atoms with E-state index in [1.165, 1.54) is 18.4 Å². The minimum absolute atomic E-state index is 0.0296. The Morgan fingerprint density at radius 3 is 2.44 bits per heavy atom. The molecule has 1 aromatic carbocycles. The van der Waals surface area contributed by atoms with Crippen LogP contribution >= 0.6 is 0 Å². The van der Waals surface area contributed by atoms with Gasteiger partial charge in [0.25, 0.3) is 0 Å². The highest BCUT2D eigenvalue weighted by Crippen LogP contribution is 2.43. The van der Waals surface area contributed by atoms with Gasteiger partial charge in [0, 0.05) is 6.54 Å². The quantitative estimate of drug-likeness (QED) is 0.700. The third kappa shape index (κ3) is 2.43. The molecule has 0 heterocycles. The number of amides is 1. The molecule has 2 heteroatoms. The van der Waals surface area contributed by atoms with Gasteiger partial charge in [0.15, 0.2) is 0 Å². The summed E-state index contributed by atoms with van der Waals surface area (Å²) in [6.07, 6.45) is 7.96. The Labute approximate surface area is 110 Å². The summed E-state index contributed by atoms with van der Waals surface area (Å²) in [4.78, 5) is 13.6. The van der Waals surface area contributed by atoms with E-state index in [1.807, 2.05) is 6.07 Å². The zero-order valence-electron chi connectivity index (χ0n) is 11.3. The third-order valence-corrected chi connectivity index (χ3v) is 4.17. The first kappa shape index (κ1) is 13.1. The fraction of sp³-hybridized carbons (Fsp3) is 0.562. The summed E-state index contributed by atoms with van der Waals surface area (Å²) in [7, 11) is 0. The molecule has 1 fully saturated rings. The smallest absolute Gasteiger partial charge is 0.210 e. The lowest BCUT2D eigenvalue weighted by atomic mass is 9.86. The van der Waals surface area contributed by atoms with E-state index < -0.39 is 0 Å². The molecule has 2 rings (SSSR count). The Hall–Kier alpha value is -1.31. The van der Waals surface area contributed by atoms with Crippen molar-refractivity contribution in [2.75, 3.05) is 6.54 Å². The molecule has 1 aliphatic carbocycles. The largest absolute Gasteiger partial charge is 0.336 e. The van der Waals surface area contributed by atoms with Crippen LogP contribution in [0.5, 0.6) is 0 Å². The summed E-state index contributed by atoms with van der Waals surface area (Å²) < 4.78 is 0. The van der Waals surface area contributed by atoms with Crippen LogP contribution in [0.1, 0.15) is 51.0 Å². The predicted molar refractivity (Wildman–Crippen MR) is 74.3 cm³/mol. The molecular weight excluding hydrogens is 222 g/mol. The van der Waals surface area contributed by atoms with Gasteiger partial charge in [-0.2, -0.15) is 0 Å². The Balaban J connectivity index is 2.28. The number of unbranched alkanes of at least 4 members (excludes halogenated alkanes) is 1. The molecule has 0 saturated heterocycles. The SMILES string of the molecule is CCCCN(C=O)C1(c2ccccc2)CCCC1. The van der Waals surface area contributed by atoms with Gasteiger partial charge in [0.05, 0.1) is 5.54 Å². The lowest BCUT2D eigenvalue weighted by Crippen LogP contribution is -2.43.